The lowest BCUT2D eigenvalue weighted by atomic mass is 10.1. The Morgan fingerprint density at radius 2 is 1.95 bits per heavy atom. The third kappa shape index (κ3) is 4.54. The minimum Gasteiger partial charge on any atom is -0.545 e. The predicted octanol–water partition coefficient (Wildman–Crippen LogP) is -1.07. The molecule has 0 saturated carbocycles. The molecule has 1 aliphatic rings. The molecule has 0 spiro atoms. The second kappa shape index (κ2) is 7.75. The Kier molecular flexibility index (Phi) is 6.33. The van der Waals surface area contributed by atoms with Gasteiger partial charge < -0.3 is 19.9 Å². The standard InChI is InChI=1S/C8H6O4.C7H16N2/c9-7(10)5-3-1-2-4-6(5)8(11)12;1-4-7-8(2)5-6-9(7)3/h1-4H,(H,9,10)(H,11,12);7H,4-6H2,1-3H3. The van der Waals surface area contributed by atoms with Crippen LogP contribution in [0.25, 0.3) is 0 Å². The van der Waals surface area contributed by atoms with Gasteiger partial charge in [0.2, 0.25) is 0 Å². The zero-order valence-corrected chi connectivity index (χ0v) is 12.6. The van der Waals surface area contributed by atoms with Crippen LogP contribution in [-0.4, -0.2) is 55.3 Å². The minimum atomic E-state index is -1.48. The second-order valence-corrected chi connectivity index (χ2v) is 5.14. The van der Waals surface area contributed by atoms with Gasteiger partial charge in [-0.25, -0.2) is 4.79 Å². The van der Waals surface area contributed by atoms with Crippen molar-refractivity contribution in [2.24, 2.45) is 0 Å². The number of nitrogens with zero attached hydrogens (tertiary/aromatic N) is 1. The van der Waals surface area contributed by atoms with Crippen LogP contribution in [0.5, 0.6) is 0 Å². The summed E-state index contributed by atoms with van der Waals surface area (Å²) in [6.07, 6.45) is 2.06. The van der Waals surface area contributed by atoms with Gasteiger partial charge in [-0.1, -0.05) is 25.1 Å². The van der Waals surface area contributed by atoms with E-state index >= 15 is 0 Å². The topological polar surface area (TPSA) is 85.1 Å². The fourth-order valence-electron chi connectivity index (χ4n) is 2.56. The number of carboxylic acids is 2. The molecule has 2 rings (SSSR count). The van der Waals surface area contributed by atoms with Crippen LogP contribution in [0.1, 0.15) is 34.1 Å². The largest absolute Gasteiger partial charge is 0.545 e. The maximum Gasteiger partial charge on any atom is 0.336 e. The van der Waals surface area contributed by atoms with Crippen LogP contribution in [0.4, 0.5) is 0 Å². The first kappa shape index (κ1) is 17.1. The molecular weight excluding hydrogens is 272 g/mol. The maximum atomic E-state index is 10.4. The molecule has 21 heavy (non-hydrogen) atoms. The number of aromatic carboxylic acids is 2. The molecule has 1 aromatic carbocycles. The lowest BCUT2D eigenvalue weighted by Crippen LogP contribution is -3.11. The summed E-state index contributed by atoms with van der Waals surface area (Å²) in [7, 11) is 4.49. The number of quaternary nitrogens is 1. The summed E-state index contributed by atoms with van der Waals surface area (Å²) in [5.74, 6) is -2.75. The van der Waals surface area contributed by atoms with E-state index in [-0.39, 0.29) is 11.1 Å². The lowest BCUT2D eigenvalue weighted by molar-refractivity contribution is -0.898. The van der Waals surface area contributed by atoms with E-state index in [1.807, 2.05) is 0 Å². The van der Waals surface area contributed by atoms with Crippen molar-refractivity contribution in [2.75, 3.05) is 27.2 Å². The van der Waals surface area contributed by atoms with E-state index in [1.165, 1.54) is 43.8 Å². The molecule has 1 aromatic rings. The molecule has 1 aliphatic heterocycles. The van der Waals surface area contributed by atoms with Crippen LogP contribution in [0.2, 0.25) is 0 Å². The van der Waals surface area contributed by atoms with Gasteiger partial charge in [-0.2, -0.15) is 0 Å². The summed E-state index contributed by atoms with van der Waals surface area (Å²) in [4.78, 5) is 24.9. The Morgan fingerprint density at radius 3 is 2.24 bits per heavy atom. The average molecular weight is 294 g/mol. The molecule has 0 radical (unpaired) electrons. The maximum absolute atomic E-state index is 10.4. The van der Waals surface area contributed by atoms with Crippen molar-refractivity contribution in [2.45, 2.75) is 19.5 Å². The van der Waals surface area contributed by atoms with E-state index in [1.54, 1.807) is 4.90 Å². The van der Waals surface area contributed by atoms with Gasteiger partial charge in [-0.3, -0.25) is 4.90 Å². The third-order valence-corrected chi connectivity index (χ3v) is 3.72. The van der Waals surface area contributed by atoms with Crippen molar-refractivity contribution in [1.82, 2.24) is 4.90 Å². The van der Waals surface area contributed by atoms with Gasteiger partial charge in [0, 0.05) is 12.0 Å². The van der Waals surface area contributed by atoms with Crippen LogP contribution < -0.4 is 10.0 Å². The number of carbonyl (C=O) groups excluding carboxylic acids is 1. The number of rotatable bonds is 3. The Bertz CT molecular complexity index is 461. The van der Waals surface area contributed by atoms with Crippen LogP contribution in [0, 0.1) is 0 Å². The number of carbonyl (C=O) groups is 2. The number of benzene rings is 1. The third-order valence-electron chi connectivity index (χ3n) is 3.72. The first-order chi connectivity index (χ1) is 9.88. The summed E-state index contributed by atoms with van der Waals surface area (Å²) in [5.41, 5.74) is -0.553. The van der Waals surface area contributed by atoms with Gasteiger partial charge in [-0.05, 0) is 13.1 Å². The Labute approximate surface area is 124 Å². The average Bonchev–Trinajstić information content (AvgIpc) is 2.78. The number of nitrogens with one attached hydrogen (secondary N) is 1. The fourth-order valence-corrected chi connectivity index (χ4v) is 2.56. The SMILES string of the molecule is CCC1N(C)CC[NH+]1C.O=C([O-])c1ccccc1C(=O)O. The number of hydrogen-bond donors (Lipinski definition) is 2. The van der Waals surface area contributed by atoms with E-state index < -0.39 is 11.9 Å². The number of hydrogen-bond acceptors (Lipinski definition) is 4. The van der Waals surface area contributed by atoms with Gasteiger partial charge in [0.25, 0.3) is 0 Å². The first-order valence-corrected chi connectivity index (χ1v) is 6.94. The predicted molar refractivity (Wildman–Crippen MR) is 76.2 cm³/mol. The van der Waals surface area contributed by atoms with Crippen molar-refractivity contribution >= 4 is 11.9 Å². The van der Waals surface area contributed by atoms with Gasteiger partial charge in [0.15, 0.2) is 0 Å². The van der Waals surface area contributed by atoms with Gasteiger partial charge >= 0.3 is 5.97 Å². The summed E-state index contributed by atoms with van der Waals surface area (Å²) >= 11 is 0. The summed E-state index contributed by atoms with van der Waals surface area (Å²) in [5, 5.41) is 18.9. The van der Waals surface area contributed by atoms with E-state index in [4.69, 9.17) is 5.11 Å². The minimum absolute atomic E-state index is 0.252. The second-order valence-electron chi connectivity index (χ2n) is 5.14. The molecule has 2 atom stereocenters. The summed E-state index contributed by atoms with van der Waals surface area (Å²) in [6.45, 7) is 4.84. The molecular formula is C15H22N2O4. The van der Waals surface area contributed by atoms with Crippen molar-refractivity contribution in [3.05, 3.63) is 35.4 Å². The quantitative estimate of drug-likeness (QED) is 0.741. The number of carboxylic acid groups (broad SMARTS) is 2. The molecule has 1 heterocycles. The zero-order chi connectivity index (χ0) is 16.0. The summed E-state index contributed by atoms with van der Waals surface area (Å²) < 4.78 is 0. The molecule has 0 bridgehead atoms. The van der Waals surface area contributed by atoms with Crippen LogP contribution in [0.15, 0.2) is 24.3 Å². The van der Waals surface area contributed by atoms with Gasteiger partial charge in [0.05, 0.1) is 31.7 Å². The smallest absolute Gasteiger partial charge is 0.336 e. The molecule has 6 nitrogen and oxygen atoms in total. The molecule has 1 fully saturated rings. The fraction of sp³-hybridized carbons (Fsp3) is 0.467. The lowest BCUT2D eigenvalue weighted by Gasteiger charge is -2.19. The molecule has 116 valence electrons. The van der Waals surface area contributed by atoms with Crippen molar-refractivity contribution in [1.29, 1.82) is 0 Å². The summed E-state index contributed by atoms with van der Waals surface area (Å²) in [6, 6.07) is 5.31. The normalized spacial score (nSPS) is 21.5. The molecule has 1 saturated heterocycles. The Hall–Kier alpha value is -1.92. The van der Waals surface area contributed by atoms with Crippen LogP contribution in [-0.2, 0) is 0 Å². The van der Waals surface area contributed by atoms with E-state index in [0.29, 0.717) is 0 Å². The van der Waals surface area contributed by atoms with Crippen molar-refractivity contribution < 1.29 is 24.7 Å². The highest BCUT2D eigenvalue weighted by Gasteiger charge is 2.27. The van der Waals surface area contributed by atoms with Crippen LogP contribution in [0.3, 0.4) is 0 Å². The highest BCUT2D eigenvalue weighted by Crippen LogP contribution is 2.06. The molecule has 0 amide bonds. The Morgan fingerprint density at radius 1 is 1.38 bits per heavy atom. The highest BCUT2D eigenvalue weighted by molar-refractivity contribution is 6.00. The van der Waals surface area contributed by atoms with E-state index in [2.05, 4.69) is 25.9 Å². The van der Waals surface area contributed by atoms with Gasteiger partial charge in [-0.15, -0.1) is 0 Å². The van der Waals surface area contributed by atoms with E-state index in [9.17, 15) is 14.7 Å². The Balaban J connectivity index is 0.000000219. The zero-order valence-electron chi connectivity index (χ0n) is 12.6. The van der Waals surface area contributed by atoms with E-state index in [0.717, 1.165) is 6.17 Å². The van der Waals surface area contributed by atoms with Crippen molar-refractivity contribution in [3.8, 4) is 0 Å². The monoisotopic (exact) mass is 294 g/mol. The van der Waals surface area contributed by atoms with Crippen LogP contribution >= 0.6 is 0 Å². The molecule has 2 unspecified atom stereocenters. The molecule has 0 aromatic heterocycles. The highest BCUT2D eigenvalue weighted by atomic mass is 16.4. The molecule has 2 N–H and O–H groups in total. The number of likely N-dealkylation sites (N-methyl/N-ethyl adjacent to an activating group) is 2. The van der Waals surface area contributed by atoms with Crippen molar-refractivity contribution in [3.63, 3.8) is 0 Å². The first-order valence-electron chi connectivity index (χ1n) is 6.94. The van der Waals surface area contributed by atoms with Gasteiger partial charge in [0.1, 0.15) is 6.17 Å². The molecule has 0 aliphatic carbocycles. The molecule has 6 heteroatoms.